The smallest absolute Gasteiger partial charge is 0.328 e. The Balaban J connectivity index is 1.56. The highest BCUT2D eigenvalue weighted by Crippen LogP contribution is 2.39. The Kier molecular flexibility index (Phi) is 4.17. The number of aliphatic hydroxyl groups excluding tert-OH is 1. The van der Waals surface area contributed by atoms with Crippen LogP contribution in [0.2, 0.25) is 5.02 Å². The number of aromatic nitrogens is 6. The van der Waals surface area contributed by atoms with Crippen molar-refractivity contribution < 1.29 is 9.50 Å². The molecule has 0 fully saturated rings. The molecule has 0 radical (unpaired) electrons. The van der Waals surface area contributed by atoms with E-state index in [1.807, 2.05) is 0 Å². The van der Waals surface area contributed by atoms with E-state index < -0.39 is 18.0 Å². The molecule has 5 aromatic rings. The molecule has 160 valence electrons. The molecule has 3 heterocycles. The van der Waals surface area contributed by atoms with Gasteiger partial charge in [-0.05, 0) is 54.3 Å². The largest absolute Gasteiger partial charge is 0.388 e. The molecule has 0 saturated heterocycles. The molecule has 1 aliphatic carbocycles. The van der Waals surface area contributed by atoms with Gasteiger partial charge in [-0.3, -0.25) is 9.13 Å². The third kappa shape index (κ3) is 2.85. The SMILES string of the molecule is O=c1[nH]c2cnc(-n3cnc4ccc(Cl)cc43)nc2n1[C@@H]1CC[C@@H](O)c2ccc(F)cc21. The Labute approximate surface area is 185 Å². The van der Waals surface area contributed by atoms with E-state index >= 15 is 0 Å². The van der Waals surface area contributed by atoms with E-state index in [0.717, 1.165) is 11.0 Å². The van der Waals surface area contributed by atoms with Crippen LogP contribution in [0.5, 0.6) is 0 Å². The van der Waals surface area contributed by atoms with Gasteiger partial charge in [0.2, 0.25) is 5.95 Å². The van der Waals surface area contributed by atoms with Crippen LogP contribution in [0.15, 0.2) is 53.7 Å². The predicted octanol–water partition coefficient (Wildman–Crippen LogP) is 3.67. The van der Waals surface area contributed by atoms with E-state index in [9.17, 15) is 14.3 Å². The molecule has 2 atom stereocenters. The average molecular weight is 451 g/mol. The summed E-state index contributed by atoms with van der Waals surface area (Å²) < 4.78 is 17.3. The summed E-state index contributed by atoms with van der Waals surface area (Å²) in [5.41, 5.74) is 3.14. The summed E-state index contributed by atoms with van der Waals surface area (Å²) in [7, 11) is 0. The Morgan fingerprint density at radius 1 is 1.12 bits per heavy atom. The predicted molar refractivity (Wildman–Crippen MR) is 117 cm³/mol. The molecule has 2 N–H and O–H groups in total. The maximum absolute atomic E-state index is 14.1. The molecule has 32 heavy (non-hydrogen) atoms. The summed E-state index contributed by atoms with van der Waals surface area (Å²) in [6, 6.07) is 9.12. The summed E-state index contributed by atoms with van der Waals surface area (Å²) >= 11 is 6.15. The number of nitrogens with zero attached hydrogens (tertiary/aromatic N) is 5. The van der Waals surface area contributed by atoms with Gasteiger partial charge in [-0.15, -0.1) is 0 Å². The number of fused-ring (bicyclic) bond motifs is 3. The third-order valence-electron chi connectivity index (χ3n) is 5.96. The fourth-order valence-electron chi connectivity index (χ4n) is 4.49. The first-order valence-electron chi connectivity index (χ1n) is 10.1. The number of benzene rings is 2. The maximum Gasteiger partial charge on any atom is 0.328 e. The van der Waals surface area contributed by atoms with Crippen molar-refractivity contribution in [2.45, 2.75) is 25.0 Å². The number of imidazole rings is 2. The van der Waals surface area contributed by atoms with Crippen molar-refractivity contribution in [3.63, 3.8) is 0 Å². The molecule has 0 spiro atoms. The molecule has 0 unspecified atom stereocenters. The molecule has 3 aromatic heterocycles. The lowest BCUT2D eigenvalue weighted by atomic mass is 9.85. The van der Waals surface area contributed by atoms with Gasteiger partial charge in [0.25, 0.3) is 0 Å². The van der Waals surface area contributed by atoms with Crippen molar-refractivity contribution in [2.24, 2.45) is 0 Å². The fraction of sp³-hybridized carbons (Fsp3) is 0.182. The number of aliphatic hydroxyl groups is 1. The molecule has 6 rings (SSSR count). The van der Waals surface area contributed by atoms with E-state index in [-0.39, 0.29) is 5.69 Å². The lowest BCUT2D eigenvalue weighted by Crippen LogP contribution is -2.28. The minimum absolute atomic E-state index is 0.324. The van der Waals surface area contributed by atoms with Crippen molar-refractivity contribution in [3.8, 4) is 5.95 Å². The van der Waals surface area contributed by atoms with Crippen molar-refractivity contribution in [1.29, 1.82) is 0 Å². The molecule has 8 nitrogen and oxygen atoms in total. The summed E-state index contributed by atoms with van der Waals surface area (Å²) in [4.78, 5) is 29.1. The quantitative estimate of drug-likeness (QED) is 0.427. The van der Waals surface area contributed by atoms with Crippen LogP contribution in [0.25, 0.3) is 28.1 Å². The van der Waals surface area contributed by atoms with Gasteiger partial charge < -0.3 is 10.1 Å². The first kappa shape index (κ1) is 19.1. The number of rotatable bonds is 2. The average Bonchev–Trinajstić information content (AvgIpc) is 3.33. The summed E-state index contributed by atoms with van der Waals surface area (Å²) in [6.45, 7) is 0. The van der Waals surface area contributed by atoms with E-state index in [2.05, 4.69) is 19.9 Å². The Morgan fingerprint density at radius 3 is 2.88 bits per heavy atom. The van der Waals surface area contributed by atoms with Crippen LogP contribution >= 0.6 is 11.6 Å². The number of aromatic amines is 1. The van der Waals surface area contributed by atoms with Crippen LogP contribution < -0.4 is 5.69 Å². The van der Waals surface area contributed by atoms with Gasteiger partial charge in [0.15, 0.2) is 5.65 Å². The van der Waals surface area contributed by atoms with Gasteiger partial charge in [0.1, 0.15) is 17.7 Å². The lowest BCUT2D eigenvalue weighted by Gasteiger charge is -2.29. The second-order valence-corrected chi connectivity index (χ2v) is 8.27. The molecular weight excluding hydrogens is 435 g/mol. The number of halogens is 2. The molecule has 0 amide bonds. The van der Waals surface area contributed by atoms with Crippen LogP contribution in [0.4, 0.5) is 4.39 Å². The third-order valence-corrected chi connectivity index (χ3v) is 6.20. The second kappa shape index (κ2) is 6.98. The Bertz CT molecular complexity index is 1570. The standard InChI is InChI=1S/C22H16ClFN6O2/c23-11-1-4-15-18(7-11)29(10-26-15)21-25-9-16-20(28-21)30(22(32)27-16)17-5-6-19(31)13-3-2-12(24)8-14(13)17/h1-4,7-10,17,19,31H,5-6H2,(H,27,32)/t17-,19-/m1/s1. The topological polar surface area (TPSA) is 102 Å². The number of H-pyrrole nitrogens is 1. The first-order valence-corrected chi connectivity index (χ1v) is 10.4. The molecule has 0 bridgehead atoms. The Hall–Kier alpha value is -3.56. The van der Waals surface area contributed by atoms with Crippen LogP contribution in [0.1, 0.15) is 36.1 Å². The number of hydrogen-bond donors (Lipinski definition) is 2. The highest BCUT2D eigenvalue weighted by Gasteiger charge is 2.30. The normalized spacial score (nSPS) is 18.3. The molecule has 0 aliphatic heterocycles. The van der Waals surface area contributed by atoms with Gasteiger partial charge in [0, 0.05) is 5.02 Å². The van der Waals surface area contributed by atoms with Crippen molar-refractivity contribution in [3.05, 3.63) is 81.4 Å². The molecule has 0 saturated carbocycles. The van der Waals surface area contributed by atoms with E-state index in [1.165, 1.54) is 22.9 Å². The van der Waals surface area contributed by atoms with Gasteiger partial charge in [-0.2, -0.15) is 4.98 Å². The lowest BCUT2D eigenvalue weighted by molar-refractivity contribution is 0.147. The van der Waals surface area contributed by atoms with E-state index in [4.69, 9.17) is 11.6 Å². The van der Waals surface area contributed by atoms with Gasteiger partial charge in [-0.25, -0.2) is 19.2 Å². The van der Waals surface area contributed by atoms with Crippen molar-refractivity contribution >= 4 is 33.8 Å². The maximum atomic E-state index is 14.1. The van der Waals surface area contributed by atoms with Crippen LogP contribution in [-0.2, 0) is 0 Å². The zero-order valence-corrected chi connectivity index (χ0v) is 17.3. The van der Waals surface area contributed by atoms with Gasteiger partial charge >= 0.3 is 5.69 Å². The molecule has 1 aliphatic rings. The van der Waals surface area contributed by atoms with Crippen LogP contribution in [0, 0.1) is 5.82 Å². The van der Waals surface area contributed by atoms with E-state index in [0.29, 0.717) is 46.1 Å². The monoisotopic (exact) mass is 450 g/mol. The number of nitrogens with one attached hydrogen (secondary N) is 1. The van der Waals surface area contributed by atoms with E-state index in [1.54, 1.807) is 35.2 Å². The van der Waals surface area contributed by atoms with Gasteiger partial charge in [-0.1, -0.05) is 17.7 Å². The van der Waals surface area contributed by atoms with Crippen molar-refractivity contribution in [1.82, 2.24) is 29.1 Å². The van der Waals surface area contributed by atoms with Crippen LogP contribution in [0.3, 0.4) is 0 Å². The number of hydrogen-bond acceptors (Lipinski definition) is 5. The van der Waals surface area contributed by atoms with Crippen molar-refractivity contribution in [2.75, 3.05) is 0 Å². The molecule has 2 aromatic carbocycles. The highest BCUT2D eigenvalue weighted by atomic mass is 35.5. The summed E-state index contributed by atoms with van der Waals surface area (Å²) in [5.74, 6) is -0.0989. The molecule has 10 heteroatoms. The Morgan fingerprint density at radius 2 is 2.00 bits per heavy atom. The summed E-state index contributed by atoms with van der Waals surface area (Å²) in [6.07, 6.45) is 3.35. The zero-order chi connectivity index (χ0) is 22.0. The highest BCUT2D eigenvalue weighted by molar-refractivity contribution is 6.31. The molecular formula is C22H16ClFN6O2. The second-order valence-electron chi connectivity index (χ2n) is 7.84. The zero-order valence-electron chi connectivity index (χ0n) is 16.5. The minimum Gasteiger partial charge on any atom is -0.388 e. The summed E-state index contributed by atoms with van der Waals surface area (Å²) in [5, 5.41) is 10.9. The van der Waals surface area contributed by atoms with Gasteiger partial charge in [0.05, 0.1) is 29.4 Å². The fourth-order valence-corrected chi connectivity index (χ4v) is 4.65. The minimum atomic E-state index is -0.699. The first-order chi connectivity index (χ1) is 15.5. The van der Waals surface area contributed by atoms with Crippen LogP contribution in [-0.4, -0.2) is 34.2 Å².